The van der Waals surface area contributed by atoms with Crippen LogP contribution in [0.2, 0.25) is 0 Å². The van der Waals surface area contributed by atoms with Crippen molar-refractivity contribution >= 4 is 42.6 Å². The van der Waals surface area contributed by atoms with Crippen LogP contribution in [-0.4, -0.2) is 31.8 Å². The fraction of sp³-hybridized carbons (Fsp3) is 0. The van der Waals surface area contributed by atoms with Gasteiger partial charge < -0.3 is 5.32 Å². The molecule has 0 aliphatic rings. The smallest absolute Gasteiger partial charge is 0.295 e. The fourth-order valence-corrected chi connectivity index (χ4v) is 3.90. The summed E-state index contributed by atoms with van der Waals surface area (Å²) in [4.78, 5) is 10.8. The minimum absolute atomic E-state index is 0.0302. The zero-order valence-corrected chi connectivity index (χ0v) is 15.2. The monoisotopic (exact) mass is 407 g/mol. The van der Waals surface area contributed by atoms with Gasteiger partial charge in [0, 0.05) is 16.6 Å². The van der Waals surface area contributed by atoms with E-state index in [1.807, 2.05) is 0 Å². The average Bonchev–Trinajstić information content (AvgIpc) is 2.59. The van der Waals surface area contributed by atoms with Crippen LogP contribution < -0.4 is 5.32 Å². The van der Waals surface area contributed by atoms with E-state index in [1.54, 1.807) is 30.3 Å². The first-order chi connectivity index (χ1) is 12.6. The van der Waals surface area contributed by atoms with Crippen molar-refractivity contribution in [2.45, 2.75) is 9.79 Å². The molecule has 0 atom stereocenters. The van der Waals surface area contributed by atoms with Gasteiger partial charge in [0.15, 0.2) is 0 Å². The predicted octanol–water partition coefficient (Wildman–Crippen LogP) is 2.59. The molecule has 0 saturated heterocycles. The zero-order valence-electron chi connectivity index (χ0n) is 13.5. The molecule has 10 heteroatoms. The highest BCUT2D eigenvalue weighted by atomic mass is 32.2. The molecule has 0 fully saturated rings. The summed E-state index contributed by atoms with van der Waals surface area (Å²) in [5, 5.41) is 2.72. The van der Waals surface area contributed by atoms with Crippen LogP contribution in [0, 0.1) is 0 Å². The lowest BCUT2D eigenvalue weighted by molar-refractivity contribution is 0.102. The molecule has 0 saturated carbocycles. The molecular formula is C17H13NO7S2. The second-order valence-electron chi connectivity index (χ2n) is 5.63. The summed E-state index contributed by atoms with van der Waals surface area (Å²) in [6, 6.07) is 14.1. The topological polar surface area (TPSA) is 138 Å². The molecular weight excluding hydrogens is 394 g/mol. The molecule has 3 aromatic rings. The first kappa shape index (κ1) is 19.0. The number of hydrogen-bond donors (Lipinski definition) is 3. The highest BCUT2D eigenvalue weighted by Crippen LogP contribution is 2.29. The third kappa shape index (κ3) is 4.14. The predicted molar refractivity (Wildman–Crippen MR) is 98.0 cm³/mol. The van der Waals surface area contributed by atoms with Crippen molar-refractivity contribution in [3.05, 3.63) is 66.2 Å². The van der Waals surface area contributed by atoms with E-state index >= 15 is 0 Å². The van der Waals surface area contributed by atoms with E-state index in [4.69, 9.17) is 0 Å². The number of carbonyl (C=O) groups is 1. The number of nitrogens with one attached hydrogen (secondary N) is 1. The van der Waals surface area contributed by atoms with Gasteiger partial charge in [0.05, 0.1) is 4.90 Å². The number of fused-ring (bicyclic) bond motifs is 1. The fourth-order valence-electron chi connectivity index (χ4n) is 2.54. The van der Waals surface area contributed by atoms with Gasteiger partial charge in [-0.25, -0.2) is 0 Å². The van der Waals surface area contributed by atoms with Crippen molar-refractivity contribution in [1.82, 2.24) is 0 Å². The average molecular weight is 407 g/mol. The molecule has 3 rings (SSSR count). The van der Waals surface area contributed by atoms with Gasteiger partial charge in [-0.3, -0.25) is 13.9 Å². The molecule has 27 heavy (non-hydrogen) atoms. The Morgan fingerprint density at radius 2 is 1.48 bits per heavy atom. The zero-order chi connectivity index (χ0) is 19.8. The summed E-state index contributed by atoms with van der Waals surface area (Å²) in [5.74, 6) is -0.420. The third-order valence-electron chi connectivity index (χ3n) is 3.76. The third-order valence-corrected chi connectivity index (χ3v) is 5.48. The normalized spacial score (nSPS) is 12.1. The maximum atomic E-state index is 12.2. The van der Waals surface area contributed by atoms with Crippen molar-refractivity contribution in [2.75, 3.05) is 5.32 Å². The van der Waals surface area contributed by atoms with Gasteiger partial charge in [0.1, 0.15) is 4.90 Å². The minimum atomic E-state index is -4.75. The Labute approximate surface area is 155 Å². The number of amides is 1. The molecule has 1 amide bonds. The lowest BCUT2D eigenvalue weighted by atomic mass is 10.1. The second-order valence-corrected chi connectivity index (χ2v) is 8.44. The van der Waals surface area contributed by atoms with Crippen LogP contribution in [0.3, 0.4) is 0 Å². The Bertz CT molecular complexity index is 1250. The number of benzene rings is 3. The van der Waals surface area contributed by atoms with E-state index in [-0.39, 0.29) is 16.5 Å². The Morgan fingerprint density at radius 3 is 2.07 bits per heavy atom. The maximum absolute atomic E-state index is 12.2. The van der Waals surface area contributed by atoms with Crippen LogP contribution in [0.4, 0.5) is 5.69 Å². The Kier molecular flexibility index (Phi) is 4.74. The van der Waals surface area contributed by atoms with E-state index in [1.165, 1.54) is 18.2 Å². The van der Waals surface area contributed by atoms with Crippen LogP contribution in [0.1, 0.15) is 10.4 Å². The number of hydrogen-bond acceptors (Lipinski definition) is 5. The van der Waals surface area contributed by atoms with Crippen molar-refractivity contribution in [1.29, 1.82) is 0 Å². The van der Waals surface area contributed by atoms with Crippen LogP contribution >= 0.6 is 0 Å². The van der Waals surface area contributed by atoms with Gasteiger partial charge in [-0.15, -0.1) is 0 Å². The highest BCUT2D eigenvalue weighted by molar-refractivity contribution is 7.86. The second kappa shape index (κ2) is 6.74. The van der Waals surface area contributed by atoms with Gasteiger partial charge in [-0.2, -0.15) is 16.8 Å². The summed E-state index contributed by atoms with van der Waals surface area (Å²) < 4.78 is 64.6. The van der Waals surface area contributed by atoms with Crippen molar-refractivity contribution in [3.63, 3.8) is 0 Å². The highest BCUT2D eigenvalue weighted by Gasteiger charge is 2.20. The molecule has 0 aliphatic heterocycles. The number of rotatable bonds is 4. The van der Waals surface area contributed by atoms with E-state index < -0.39 is 35.9 Å². The maximum Gasteiger partial charge on any atom is 0.295 e. The molecule has 8 nitrogen and oxygen atoms in total. The molecule has 3 N–H and O–H groups in total. The molecule has 0 unspecified atom stereocenters. The van der Waals surface area contributed by atoms with E-state index in [2.05, 4.69) is 5.32 Å². The summed E-state index contributed by atoms with van der Waals surface area (Å²) in [5.41, 5.74) is 0.660. The van der Waals surface area contributed by atoms with Crippen molar-refractivity contribution < 1.29 is 30.7 Å². The van der Waals surface area contributed by atoms with Crippen molar-refractivity contribution in [2.24, 2.45) is 0 Å². The lowest BCUT2D eigenvalue weighted by Gasteiger charge is -2.10. The summed E-state index contributed by atoms with van der Waals surface area (Å²) >= 11 is 0. The van der Waals surface area contributed by atoms with Crippen LogP contribution in [0.25, 0.3) is 10.8 Å². The Hall–Kier alpha value is -2.79. The van der Waals surface area contributed by atoms with Gasteiger partial charge >= 0.3 is 0 Å². The van der Waals surface area contributed by atoms with E-state index in [0.717, 1.165) is 6.07 Å². The van der Waals surface area contributed by atoms with Gasteiger partial charge in [0.25, 0.3) is 26.1 Å². The van der Waals surface area contributed by atoms with Gasteiger partial charge in [-0.1, -0.05) is 24.3 Å². The van der Waals surface area contributed by atoms with Crippen LogP contribution in [-0.2, 0) is 20.2 Å². The standard InChI is InChI=1S/C17H13NO7S2/c19-17(11-4-2-1-3-5-11)18-13-6-7-15-12(8-13)9-14(26(20,21)22)10-16(15)27(23,24)25/h1-10H,(H,18,19)(H,20,21,22)(H,23,24,25). The van der Waals surface area contributed by atoms with Crippen LogP contribution in [0.5, 0.6) is 0 Å². The Balaban J connectivity index is 2.13. The lowest BCUT2D eigenvalue weighted by Crippen LogP contribution is -2.11. The largest absolute Gasteiger partial charge is 0.322 e. The molecule has 0 aromatic heterocycles. The SMILES string of the molecule is O=C(Nc1ccc2c(S(=O)(=O)O)cc(S(=O)(=O)O)cc2c1)c1ccccc1. The first-order valence-electron chi connectivity index (χ1n) is 7.45. The van der Waals surface area contributed by atoms with Gasteiger partial charge in [-0.05, 0) is 41.8 Å². The molecule has 0 spiro atoms. The molecule has 0 heterocycles. The van der Waals surface area contributed by atoms with E-state index in [9.17, 15) is 30.7 Å². The molecule has 140 valence electrons. The quantitative estimate of drug-likeness (QED) is 0.565. The molecule has 0 bridgehead atoms. The number of carbonyl (C=O) groups excluding carboxylic acids is 1. The summed E-state index contributed by atoms with van der Waals surface area (Å²) in [6.07, 6.45) is 0. The molecule has 0 aliphatic carbocycles. The van der Waals surface area contributed by atoms with Gasteiger partial charge in [0.2, 0.25) is 0 Å². The summed E-state index contributed by atoms with van der Waals surface area (Å²) in [7, 11) is -9.47. The van der Waals surface area contributed by atoms with Crippen molar-refractivity contribution in [3.8, 4) is 0 Å². The molecule has 0 radical (unpaired) electrons. The number of anilines is 1. The minimum Gasteiger partial charge on any atom is -0.322 e. The first-order valence-corrected chi connectivity index (χ1v) is 10.3. The summed E-state index contributed by atoms with van der Waals surface area (Å²) in [6.45, 7) is 0. The van der Waals surface area contributed by atoms with Crippen LogP contribution in [0.15, 0.2) is 70.5 Å². The molecule has 3 aromatic carbocycles. The van der Waals surface area contributed by atoms with E-state index in [0.29, 0.717) is 11.6 Å². The Morgan fingerprint density at radius 1 is 0.815 bits per heavy atom.